The maximum Gasteiger partial charge on any atom is 0.262 e. The summed E-state index contributed by atoms with van der Waals surface area (Å²) < 4.78 is 1.19. The highest BCUT2D eigenvalue weighted by Crippen LogP contribution is 2.31. The number of hydrogen-bond donors (Lipinski definition) is 1. The summed E-state index contributed by atoms with van der Waals surface area (Å²) in [5.41, 5.74) is 1.76. The predicted octanol–water partition coefficient (Wildman–Crippen LogP) is 2.93. The summed E-state index contributed by atoms with van der Waals surface area (Å²) in [6, 6.07) is 14.8. The molecule has 1 fully saturated rings. The van der Waals surface area contributed by atoms with Crippen LogP contribution in [0.3, 0.4) is 0 Å². The number of fused-ring (bicyclic) bond motifs is 2. The molecule has 2 aliphatic heterocycles. The number of rotatable bonds is 5. The lowest BCUT2D eigenvalue weighted by Crippen LogP contribution is -2.43. The third-order valence-corrected chi connectivity index (χ3v) is 7.03. The molecule has 0 spiro atoms. The van der Waals surface area contributed by atoms with E-state index in [-0.39, 0.29) is 12.5 Å². The summed E-state index contributed by atoms with van der Waals surface area (Å²) >= 11 is 1.71. The molecule has 1 aromatic heterocycles. The summed E-state index contributed by atoms with van der Waals surface area (Å²) in [5.74, 6) is -0.736. The fourth-order valence-corrected chi connectivity index (χ4v) is 5.18. The van der Waals surface area contributed by atoms with Gasteiger partial charge in [0.15, 0.2) is 5.13 Å². The Labute approximate surface area is 183 Å². The van der Waals surface area contributed by atoms with E-state index >= 15 is 0 Å². The van der Waals surface area contributed by atoms with Crippen LogP contribution in [0.4, 0.5) is 5.13 Å². The number of nitrogens with zero attached hydrogens (tertiary/aromatic N) is 3. The number of amides is 3. The third-order valence-electron chi connectivity index (χ3n) is 5.94. The number of thiazole rings is 1. The van der Waals surface area contributed by atoms with Crippen molar-refractivity contribution in [3.8, 4) is 0 Å². The molecule has 0 bridgehead atoms. The van der Waals surface area contributed by atoms with Crippen LogP contribution >= 0.6 is 11.3 Å². The van der Waals surface area contributed by atoms with E-state index in [1.54, 1.807) is 35.6 Å². The van der Waals surface area contributed by atoms with E-state index < -0.39 is 11.8 Å². The van der Waals surface area contributed by atoms with Crippen molar-refractivity contribution in [2.45, 2.75) is 12.8 Å². The molecule has 0 saturated carbocycles. The lowest BCUT2D eigenvalue weighted by Gasteiger charge is -2.31. The van der Waals surface area contributed by atoms with Crippen LogP contribution in [-0.4, -0.2) is 53.8 Å². The number of carbonyl (C=O) groups is 3. The van der Waals surface area contributed by atoms with Crippen molar-refractivity contribution in [1.29, 1.82) is 0 Å². The zero-order valence-electron chi connectivity index (χ0n) is 16.9. The summed E-state index contributed by atoms with van der Waals surface area (Å²) in [6.45, 7) is 2.12. The van der Waals surface area contributed by atoms with Crippen LogP contribution in [0.2, 0.25) is 0 Å². The van der Waals surface area contributed by atoms with Gasteiger partial charge >= 0.3 is 0 Å². The Kier molecular flexibility index (Phi) is 5.15. The second-order valence-corrected chi connectivity index (χ2v) is 8.95. The van der Waals surface area contributed by atoms with Gasteiger partial charge in [0.25, 0.3) is 11.8 Å². The number of hydrogen-bond acceptors (Lipinski definition) is 6. The average molecular weight is 435 g/mol. The molecular weight excluding hydrogens is 412 g/mol. The lowest BCUT2D eigenvalue weighted by molar-refractivity contribution is -0.121. The van der Waals surface area contributed by atoms with Crippen LogP contribution in [0, 0.1) is 5.92 Å². The molecule has 3 heterocycles. The van der Waals surface area contributed by atoms with Gasteiger partial charge in [-0.05, 0) is 43.0 Å². The van der Waals surface area contributed by atoms with Gasteiger partial charge in [-0.25, -0.2) is 4.98 Å². The lowest BCUT2D eigenvalue weighted by atomic mass is 9.97. The standard InChI is InChI=1S/C23H22N4O3S/c28-20(14-27-21(29)16-5-1-2-6-17(16)22(27)30)24-13-15-9-11-26(12-10-15)23-25-18-7-3-4-8-19(18)31-23/h1-8,15H,9-14H2,(H,24,28). The van der Waals surface area contributed by atoms with Crippen LogP contribution in [-0.2, 0) is 4.79 Å². The van der Waals surface area contributed by atoms with Crippen LogP contribution in [0.5, 0.6) is 0 Å². The highest BCUT2D eigenvalue weighted by atomic mass is 32.1. The molecule has 0 aliphatic carbocycles. The Bertz CT molecular complexity index is 1100. The van der Waals surface area contributed by atoms with E-state index in [0.29, 0.717) is 23.6 Å². The molecule has 0 unspecified atom stereocenters. The van der Waals surface area contributed by atoms with Gasteiger partial charge in [-0.2, -0.15) is 0 Å². The van der Waals surface area contributed by atoms with Crippen molar-refractivity contribution in [1.82, 2.24) is 15.2 Å². The van der Waals surface area contributed by atoms with Crippen molar-refractivity contribution >= 4 is 44.4 Å². The SMILES string of the molecule is O=C(CN1C(=O)c2ccccc2C1=O)NCC1CCN(c2nc3ccccc3s2)CC1. The van der Waals surface area contributed by atoms with Crippen molar-refractivity contribution in [2.75, 3.05) is 31.1 Å². The first-order valence-electron chi connectivity index (χ1n) is 10.4. The minimum absolute atomic E-state index is 0.239. The number of para-hydroxylation sites is 1. The van der Waals surface area contributed by atoms with E-state index in [1.165, 1.54) is 4.70 Å². The predicted molar refractivity (Wildman–Crippen MR) is 119 cm³/mol. The average Bonchev–Trinajstić information content (AvgIpc) is 3.34. The molecule has 8 heteroatoms. The molecule has 3 aromatic rings. The summed E-state index contributed by atoms with van der Waals surface area (Å²) in [6.07, 6.45) is 1.92. The molecular formula is C23H22N4O3S. The number of aromatic nitrogens is 1. The summed E-state index contributed by atoms with van der Waals surface area (Å²) in [4.78, 5) is 45.3. The summed E-state index contributed by atoms with van der Waals surface area (Å²) in [5, 5.41) is 3.96. The van der Waals surface area contributed by atoms with Gasteiger partial charge in [0.1, 0.15) is 6.54 Å². The maximum absolute atomic E-state index is 12.4. The molecule has 5 rings (SSSR count). The Hall–Kier alpha value is -3.26. The van der Waals surface area contributed by atoms with Crippen molar-refractivity contribution in [2.24, 2.45) is 5.92 Å². The van der Waals surface area contributed by atoms with E-state index in [9.17, 15) is 14.4 Å². The van der Waals surface area contributed by atoms with Gasteiger partial charge in [-0.15, -0.1) is 0 Å². The topological polar surface area (TPSA) is 82.6 Å². The van der Waals surface area contributed by atoms with Crippen LogP contribution < -0.4 is 10.2 Å². The van der Waals surface area contributed by atoms with Gasteiger partial charge < -0.3 is 10.2 Å². The molecule has 7 nitrogen and oxygen atoms in total. The van der Waals surface area contributed by atoms with E-state index in [4.69, 9.17) is 4.98 Å². The fraction of sp³-hybridized carbons (Fsp3) is 0.304. The minimum atomic E-state index is -0.403. The maximum atomic E-state index is 12.4. The molecule has 2 aliphatic rings. The first-order valence-corrected chi connectivity index (χ1v) is 11.2. The largest absolute Gasteiger partial charge is 0.354 e. The van der Waals surface area contributed by atoms with E-state index in [0.717, 1.165) is 41.5 Å². The number of nitrogens with one attached hydrogen (secondary N) is 1. The number of carbonyl (C=O) groups excluding carboxylic acids is 3. The Morgan fingerprint density at radius 3 is 2.32 bits per heavy atom. The Morgan fingerprint density at radius 2 is 1.65 bits per heavy atom. The molecule has 0 radical (unpaired) electrons. The van der Waals surface area contributed by atoms with Crippen LogP contribution in [0.1, 0.15) is 33.6 Å². The number of benzene rings is 2. The molecule has 31 heavy (non-hydrogen) atoms. The van der Waals surface area contributed by atoms with Gasteiger partial charge in [-0.3, -0.25) is 19.3 Å². The number of imide groups is 1. The molecule has 3 amide bonds. The highest BCUT2D eigenvalue weighted by molar-refractivity contribution is 7.22. The molecule has 2 aromatic carbocycles. The van der Waals surface area contributed by atoms with E-state index in [1.807, 2.05) is 18.2 Å². The third kappa shape index (κ3) is 3.79. The second kappa shape index (κ2) is 8.11. The monoisotopic (exact) mass is 434 g/mol. The number of anilines is 1. The van der Waals surface area contributed by atoms with Crippen LogP contribution in [0.25, 0.3) is 10.2 Å². The Morgan fingerprint density at radius 1 is 1.00 bits per heavy atom. The van der Waals surface area contributed by atoms with Gasteiger partial charge in [0, 0.05) is 19.6 Å². The van der Waals surface area contributed by atoms with E-state index in [2.05, 4.69) is 16.3 Å². The smallest absolute Gasteiger partial charge is 0.262 e. The van der Waals surface area contributed by atoms with Gasteiger partial charge in [0.2, 0.25) is 5.91 Å². The zero-order valence-corrected chi connectivity index (χ0v) is 17.7. The van der Waals surface area contributed by atoms with Gasteiger partial charge in [0.05, 0.1) is 21.3 Å². The normalized spacial score (nSPS) is 16.8. The Balaban J connectivity index is 1.11. The zero-order chi connectivity index (χ0) is 21.4. The first kappa shape index (κ1) is 19.7. The molecule has 0 atom stereocenters. The minimum Gasteiger partial charge on any atom is -0.354 e. The first-order chi connectivity index (χ1) is 15.1. The molecule has 158 valence electrons. The van der Waals surface area contributed by atoms with Gasteiger partial charge in [-0.1, -0.05) is 35.6 Å². The van der Waals surface area contributed by atoms with Crippen molar-refractivity contribution in [3.05, 3.63) is 59.7 Å². The molecule has 1 saturated heterocycles. The quantitative estimate of drug-likeness (QED) is 0.625. The highest BCUT2D eigenvalue weighted by Gasteiger charge is 2.36. The van der Waals surface area contributed by atoms with Crippen LogP contribution in [0.15, 0.2) is 48.5 Å². The number of piperidine rings is 1. The second-order valence-electron chi connectivity index (χ2n) is 7.94. The summed E-state index contributed by atoms with van der Waals surface area (Å²) in [7, 11) is 0. The van der Waals surface area contributed by atoms with Crippen molar-refractivity contribution in [3.63, 3.8) is 0 Å². The van der Waals surface area contributed by atoms with Crippen molar-refractivity contribution < 1.29 is 14.4 Å². The molecule has 1 N–H and O–H groups in total. The fourth-order valence-electron chi connectivity index (χ4n) is 4.16.